The first-order valence-corrected chi connectivity index (χ1v) is 9.04. The first-order valence-electron chi connectivity index (χ1n) is 9.04. The van der Waals surface area contributed by atoms with Crippen molar-refractivity contribution in [2.45, 2.75) is 38.5 Å². The third-order valence-electron chi connectivity index (χ3n) is 4.17. The molecule has 158 valence electrons. The van der Waals surface area contributed by atoms with Gasteiger partial charge in [0, 0.05) is 6.42 Å². The van der Waals surface area contributed by atoms with Gasteiger partial charge in [-0.25, -0.2) is 0 Å². The molecule has 0 aliphatic carbocycles. The van der Waals surface area contributed by atoms with Crippen molar-refractivity contribution in [3.63, 3.8) is 0 Å². The number of hydrogen-bond donors (Lipinski definition) is 2. The minimum Gasteiger partial charge on any atom is -0.497 e. The molecule has 0 aliphatic rings. The zero-order valence-electron chi connectivity index (χ0n) is 16.4. The Hall–Kier alpha value is -3.36. The molecule has 0 amide bonds. The lowest BCUT2D eigenvalue weighted by atomic mass is 9.98. The molecule has 0 spiro atoms. The van der Waals surface area contributed by atoms with E-state index in [1.165, 1.54) is 0 Å². The quantitative estimate of drug-likeness (QED) is 0.344. The summed E-state index contributed by atoms with van der Waals surface area (Å²) in [7, 11) is 1.63. The van der Waals surface area contributed by atoms with Gasteiger partial charge in [0.1, 0.15) is 5.75 Å². The van der Waals surface area contributed by atoms with Gasteiger partial charge in [0.05, 0.1) is 19.6 Å². The van der Waals surface area contributed by atoms with Gasteiger partial charge in [0.25, 0.3) is 5.09 Å². The van der Waals surface area contributed by atoms with Crippen molar-refractivity contribution in [3.8, 4) is 5.75 Å². The van der Waals surface area contributed by atoms with Crippen LogP contribution in [-0.2, 0) is 14.4 Å². The van der Waals surface area contributed by atoms with Crippen LogP contribution < -0.4 is 4.74 Å². The Morgan fingerprint density at radius 2 is 1.72 bits per heavy atom. The van der Waals surface area contributed by atoms with Crippen LogP contribution in [0, 0.1) is 10.1 Å². The number of carbonyl (C=O) groups is 2. The highest BCUT2D eigenvalue weighted by molar-refractivity contribution is 5.86. The molecule has 1 atom stereocenters. The van der Waals surface area contributed by atoms with E-state index in [1.807, 2.05) is 36.4 Å². The van der Waals surface area contributed by atoms with Gasteiger partial charge in [-0.15, -0.1) is 10.1 Å². The monoisotopic (exact) mass is 407 g/mol. The molecule has 2 aromatic rings. The topological polar surface area (TPSA) is 136 Å². The highest BCUT2D eigenvalue weighted by Crippen LogP contribution is 2.25. The number of methoxy groups -OCH3 is 1. The SMILES string of the molecule is COc1ccc2cc([C@H](C)C(=O)O)ccc2c1.O=C(O)CCCCCO[N+](=O)[O-]. The lowest BCUT2D eigenvalue weighted by Gasteiger charge is -2.08. The summed E-state index contributed by atoms with van der Waals surface area (Å²) < 4.78 is 5.14. The number of nitrogens with zero attached hydrogens (tertiary/aromatic N) is 1. The maximum atomic E-state index is 10.9. The number of carboxylic acid groups (broad SMARTS) is 2. The summed E-state index contributed by atoms with van der Waals surface area (Å²) in [6.07, 6.45) is 1.81. The molecular formula is C20H25NO8. The van der Waals surface area contributed by atoms with E-state index in [9.17, 15) is 19.7 Å². The van der Waals surface area contributed by atoms with Crippen LogP contribution in [-0.4, -0.2) is 41.0 Å². The van der Waals surface area contributed by atoms with Crippen molar-refractivity contribution in [1.29, 1.82) is 0 Å². The largest absolute Gasteiger partial charge is 0.497 e. The second-order valence-corrected chi connectivity index (χ2v) is 6.29. The molecule has 2 N–H and O–H groups in total. The van der Waals surface area contributed by atoms with Gasteiger partial charge < -0.3 is 19.8 Å². The maximum Gasteiger partial charge on any atom is 0.310 e. The van der Waals surface area contributed by atoms with Crippen LogP contribution in [0.1, 0.15) is 44.1 Å². The fourth-order valence-corrected chi connectivity index (χ4v) is 2.48. The van der Waals surface area contributed by atoms with Crippen LogP contribution in [0.5, 0.6) is 5.75 Å². The summed E-state index contributed by atoms with van der Waals surface area (Å²) in [5.74, 6) is -1.33. The summed E-state index contributed by atoms with van der Waals surface area (Å²) in [6, 6.07) is 11.4. The smallest absolute Gasteiger partial charge is 0.310 e. The molecule has 0 unspecified atom stereocenters. The van der Waals surface area contributed by atoms with Crippen LogP contribution in [0.3, 0.4) is 0 Å². The first kappa shape index (κ1) is 23.7. The third kappa shape index (κ3) is 8.91. The molecule has 2 rings (SSSR count). The lowest BCUT2D eigenvalue weighted by molar-refractivity contribution is -0.757. The van der Waals surface area contributed by atoms with Gasteiger partial charge in [-0.1, -0.05) is 30.7 Å². The predicted octanol–water partition coefficient (Wildman–Crippen LogP) is 3.88. The number of benzene rings is 2. The predicted molar refractivity (Wildman–Crippen MR) is 106 cm³/mol. The summed E-state index contributed by atoms with van der Waals surface area (Å²) in [6.45, 7) is 1.74. The Morgan fingerprint density at radius 1 is 1.07 bits per heavy atom. The lowest BCUT2D eigenvalue weighted by Crippen LogP contribution is -2.06. The summed E-state index contributed by atoms with van der Waals surface area (Å²) in [5.41, 5.74) is 0.815. The minimum absolute atomic E-state index is 0.0482. The van der Waals surface area contributed by atoms with Crippen molar-refractivity contribution in [2.24, 2.45) is 0 Å². The number of carboxylic acids is 2. The molecule has 0 saturated heterocycles. The van der Waals surface area contributed by atoms with E-state index < -0.39 is 22.9 Å². The summed E-state index contributed by atoms with van der Waals surface area (Å²) in [4.78, 5) is 34.6. The van der Waals surface area contributed by atoms with E-state index >= 15 is 0 Å². The first-order chi connectivity index (χ1) is 13.7. The molecule has 0 bridgehead atoms. The van der Waals surface area contributed by atoms with Crippen LogP contribution in [0.2, 0.25) is 0 Å². The average Bonchev–Trinajstić information content (AvgIpc) is 2.69. The molecule has 0 saturated carbocycles. The Labute approximate surface area is 168 Å². The molecule has 0 radical (unpaired) electrons. The van der Waals surface area contributed by atoms with Crippen molar-refractivity contribution >= 4 is 22.7 Å². The number of fused-ring (bicyclic) bond motifs is 1. The highest BCUT2D eigenvalue weighted by atomic mass is 16.9. The van der Waals surface area contributed by atoms with E-state index in [-0.39, 0.29) is 13.0 Å². The fourth-order valence-electron chi connectivity index (χ4n) is 2.48. The zero-order valence-corrected chi connectivity index (χ0v) is 16.4. The maximum absolute atomic E-state index is 10.9. The molecule has 0 aromatic heterocycles. The fraction of sp³-hybridized carbons (Fsp3) is 0.400. The van der Waals surface area contributed by atoms with Gasteiger partial charge in [-0.3, -0.25) is 9.59 Å². The van der Waals surface area contributed by atoms with Gasteiger partial charge >= 0.3 is 11.9 Å². The zero-order chi connectivity index (χ0) is 21.8. The number of hydrogen-bond acceptors (Lipinski definition) is 6. The van der Waals surface area contributed by atoms with Gasteiger partial charge in [0.15, 0.2) is 0 Å². The molecular weight excluding hydrogens is 382 g/mol. The Bertz CT molecular complexity index is 818. The molecule has 0 fully saturated rings. The molecule has 29 heavy (non-hydrogen) atoms. The standard InChI is InChI=1S/C14H14O3.C6H11NO5/c1-9(14(15)16)10-3-4-12-8-13(17-2)6-5-11(12)7-10;8-6(9)4-2-1-3-5-12-7(10)11/h3-9H,1-2H3,(H,15,16);1-5H2,(H,8,9)/t9-;/m0./s1. The Balaban J connectivity index is 0.000000311. The van der Waals surface area contributed by atoms with Gasteiger partial charge in [0.2, 0.25) is 0 Å². The summed E-state index contributed by atoms with van der Waals surface area (Å²) in [5, 5.41) is 28.0. The van der Waals surface area contributed by atoms with Crippen molar-refractivity contribution in [3.05, 3.63) is 52.1 Å². The van der Waals surface area contributed by atoms with Crippen LogP contribution in [0.15, 0.2) is 36.4 Å². The van der Waals surface area contributed by atoms with E-state index in [2.05, 4.69) is 4.84 Å². The van der Waals surface area contributed by atoms with Crippen molar-refractivity contribution in [1.82, 2.24) is 0 Å². The molecule has 2 aromatic carbocycles. The van der Waals surface area contributed by atoms with Gasteiger partial charge in [-0.2, -0.15) is 0 Å². The summed E-state index contributed by atoms with van der Waals surface area (Å²) >= 11 is 0. The number of aliphatic carboxylic acids is 2. The van der Waals surface area contributed by atoms with Crippen LogP contribution >= 0.6 is 0 Å². The van der Waals surface area contributed by atoms with E-state index in [1.54, 1.807) is 14.0 Å². The Kier molecular flexibility index (Phi) is 9.94. The van der Waals surface area contributed by atoms with Crippen LogP contribution in [0.4, 0.5) is 0 Å². The van der Waals surface area contributed by atoms with E-state index in [0.717, 1.165) is 22.1 Å². The van der Waals surface area contributed by atoms with Crippen molar-refractivity contribution < 1.29 is 34.5 Å². The van der Waals surface area contributed by atoms with Gasteiger partial charge in [-0.05, 0) is 48.2 Å². The molecule has 0 aliphatic heterocycles. The average molecular weight is 407 g/mol. The van der Waals surface area contributed by atoms with Crippen molar-refractivity contribution in [2.75, 3.05) is 13.7 Å². The second kappa shape index (κ2) is 12.2. The number of ether oxygens (including phenoxy) is 1. The van der Waals surface area contributed by atoms with E-state index in [4.69, 9.17) is 14.9 Å². The number of rotatable bonds is 10. The van der Waals surface area contributed by atoms with E-state index in [0.29, 0.717) is 19.3 Å². The molecule has 9 nitrogen and oxygen atoms in total. The van der Waals surface area contributed by atoms with Crippen LogP contribution in [0.25, 0.3) is 10.8 Å². The second-order valence-electron chi connectivity index (χ2n) is 6.29. The minimum atomic E-state index is -0.850. The molecule has 9 heteroatoms. The third-order valence-corrected chi connectivity index (χ3v) is 4.17. The highest BCUT2D eigenvalue weighted by Gasteiger charge is 2.13. The normalized spacial score (nSPS) is 11.1. The Morgan fingerprint density at radius 3 is 2.31 bits per heavy atom. The number of unbranched alkanes of at least 4 members (excludes halogenated alkanes) is 2. The molecule has 0 heterocycles.